The van der Waals surface area contributed by atoms with Gasteiger partial charge in [0.05, 0.1) is 45.8 Å². The molecule has 3 fully saturated rings. The number of likely N-dealkylation sites (tertiary alicyclic amines) is 1. The molecule has 0 aromatic heterocycles. The number of amides is 2. The molecule has 2 saturated heterocycles. The summed E-state index contributed by atoms with van der Waals surface area (Å²) < 4.78 is 22.3. The SMILES string of the molecule is COc1cc(NC(=O)C2C3C(=O)N(C4CCCC4)CC34C=C[C@H]2O4)cc(OC)c1OC. The van der Waals surface area contributed by atoms with Crippen LogP contribution in [0.15, 0.2) is 24.3 Å². The summed E-state index contributed by atoms with van der Waals surface area (Å²) in [4.78, 5) is 28.7. The summed E-state index contributed by atoms with van der Waals surface area (Å²) >= 11 is 0. The third kappa shape index (κ3) is 2.99. The lowest BCUT2D eigenvalue weighted by atomic mass is 9.76. The average molecular weight is 428 g/mol. The molecule has 166 valence electrons. The van der Waals surface area contributed by atoms with Crippen LogP contribution in [0.5, 0.6) is 17.2 Å². The van der Waals surface area contributed by atoms with Crippen LogP contribution in [0.25, 0.3) is 0 Å². The number of carbonyl (C=O) groups excluding carboxylic acids is 2. The van der Waals surface area contributed by atoms with Gasteiger partial charge in [0.2, 0.25) is 17.6 Å². The van der Waals surface area contributed by atoms with E-state index in [1.54, 1.807) is 12.1 Å². The molecule has 3 unspecified atom stereocenters. The van der Waals surface area contributed by atoms with Gasteiger partial charge in [-0.3, -0.25) is 9.59 Å². The Morgan fingerprint density at radius 2 is 1.81 bits per heavy atom. The molecule has 4 atom stereocenters. The molecule has 0 radical (unpaired) electrons. The average Bonchev–Trinajstić information content (AvgIpc) is 3.54. The second-order valence-corrected chi connectivity index (χ2v) is 8.71. The molecule has 31 heavy (non-hydrogen) atoms. The van der Waals surface area contributed by atoms with E-state index in [1.807, 2.05) is 17.1 Å². The molecule has 3 heterocycles. The van der Waals surface area contributed by atoms with E-state index in [1.165, 1.54) is 21.3 Å². The summed E-state index contributed by atoms with van der Waals surface area (Å²) in [5.74, 6) is 0.101. The second-order valence-electron chi connectivity index (χ2n) is 8.71. The van der Waals surface area contributed by atoms with Gasteiger partial charge in [0.1, 0.15) is 5.60 Å². The summed E-state index contributed by atoms with van der Waals surface area (Å²) in [6.45, 7) is 0.544. The van der Waals surface area contributed by atoms with Crippen LogP contribution in [0.3, 0.4) is 0 Å². The highest BCUT2D eigenvalue weighted by Gasteiger charge is 2.67. The van der Waals surface area contributed by atoms with Gasteiger partial charge in [0.15, 0.2) is 11.5 Å². The van der Waals surface area contributed by atoms with E-state index < -0.39 is 17.4 Å². The highest BCUT2D eigenvalue weighted by Crippen LogP contribution is 2.53. The molecule has 1 N–H and O–H groups in total. The lowest BCUT2D eigenvalue weighted by molar-refractivity contribution is -0.137. The van der Waals surface area contributed by atoms with Crippen LogP contribution in [0.4, 0.5) is 5.69 Å². The lowest BCUT2D eigenvalue weighted by Crippen LogP contribution is -2.42. The van der Waals surface area contributed by atoms with Crippen molar-refractivity contribution in [2.75, 3.05) is 33.2 Å². The zero-order valence-electron chi connectivity index (χ0n) is 18.1. The number of rotatable bonds is 6. The number of benzene rings is 1. The van der Waals surface area contributed by atoms with Gasteiger partial charge >= 0.3 is 0 Å². The van der Waals surface area contributed by atoms with E-state index in [0.29, 0.717) is 29.5 Å². The van der Waals surface area contributed by atoms with Crippen LogP contribution in [-0.2, 0) is 14.3 Å². The lowest BCUT2D eigenvalue weighted by Gasteiger charge is -2.27. The topological polar surface area (TPSA) is 86.3 Å². The van der Waals surface area contributed by atoms with Crippen LogP contribution in [0.1, 0.15) is 25.7 Å². The molecule has 1 aromatic carbocycles. The minimum absolute atomic E-state index is 0.0452. The van der Waals surface area contributed by atoms with Crippen molar-refractivity contribution in [1.29, 1.82) is 0 Å². The van der Waals surface area contributed by atoms with Crippen LogP contribution in [0.2, 0.25) is 0 Å². The van der Waals surface area contributed by atoms with E-state index in [9.17, 15) is 9.59 Å². The monoisotopic (exact) mass is 428 g/mol. The number of methoxy groups -OCH3 is 3. The van der Waals surface area contributed by atoms with Crippen LogP contribution in [-0.4, -0.2) is 62.3 Å². The fourth-order valence-electron chi connectivity index (χ4n) is 5.73. The Kier molecular flexibility index (Phi) is 4.84. The van der Waals surface area contributed by atoms with Crippen LogP contribution in [0, 0.1) is 11.8 Å². The number of fused-ring (bicyclic) bond motifs is 1. The van der Waals surface area contributed by atoms with Gasteiger partial charge in [0, 0.05) is 23.9 Å². The summed E-state index contributed by atoms with van der Waals surface area (Å²) in [6, 6.07) is 3.63. The van der Waals surface area contributed by atoms with Crippen molar-refractivity contribution in [2.24, 2.45) is 11.8 Å². The molecule has 1 aliphatic carbocycles. The Morgan fingerprint density at radius 1 is 1.13 bits per heavy atom. The summed E-state index contributed by atoms with van der Waals surface area (Å²) in [5.41, 5.74) is -0.167. The van der Waals surface area contributed by atoms with Crippen molar-refractivity contribution in [2.45, 2.75) is 43.4 Å². The van der Waals surface area contributed by atoms with Gasteiger partial charge in [-0.25, -0.2) is 0 Å². The molecular weight excluding hydrogens is 400 g/mol. The van der Waals surface area contributed by atoms with E-state index in [-0.39, 0.29) is 24.0 Å². The maximum absolute atomic E-state index is 13.4. The largest absolute Gasteiger partial charge is 0.493 e. The highest BCUT2D eigenvalue weighted by atomic mass is 16.5. The Labute approximate surface area is 181 Å². The van der Waals surface area contributed by atoms with Crippen molar-refractivity contribution in [3.63, 3.8) is 0 Å². The fourth-order valence-corrected chi connectivity index (χ4v) is 5.73. The van der Waals surface area contributed by atoms with Crippen molar-refractivity contribution in [3.8, 4) is 17.2 Å². The summed E-state index contributed by atoms with van der Waals surface area (Å²) in [7, 11) is 4.57. The number of ether oxygens (including phenoxy) is 4. The zero-order valence-corrected chi connectivity index (χ0v) is 18.1. The van der Waals surface area contributed by atoms with Gasteiger partial charge in [-0.2, -0.15) is 0 Å². The van der Waals surface area contributed by atoms with E-state index >= 15 is 0 Å². The summed E-state index contributed by atoms with van der Waals surface area (Å²) in [6.07, 6.45) is 7.91. The van der Waals surface area contributed by atoms with Crippen molar-refractivity contribution >= 4 is 17.5 Å². The second kappa shape index (κ2) is 7.44. The first-order valence-electron chi connectivity index (χ1n) is 10.8. The predicted octanol–water partition coefficient (Wildman–Crippen LogP) is 2.38. The first kappa shape index (κ1) is 20.2. The normalized spacial score (nSPS) is 31.3. The predicted molar refractivity (Wildman–Crippen MR) is 112 cm³/mol. The Balaban J connectivity index is 1.40. The third-order valence-electron chi connectivity index (χ3n) is 7.13. The number of nitrogens with zero attached hydrogens (tertiary/aromatic N) is 1. The van der Waals surface area contributed by atoms with Gasteiger partial charge in [-0.1, -0.05) is 25.0 Å². The molecule has 5 rings (SSSR count). The van der Waals surface area contributed by atoms with Crippen LogP contribution >= 0.6 is 0 Å². The molecule has 4 aliphatic rings. The molecule has 1 saturated carbocycles. The van der Waals surface area contributed by atoms with E-state index in [4.69, 9.17) is 18.9 Å². The Hall–Kier alpha value is -2.74. The third-order valence-corrected chi connectivity index (χ3v) is 7.13. The number of carbonyl (C=O) groups is 2. The van der Waals surface area contributed by atoms with E-state index in [0.717, 1.165) is 25.7 Å². The van der Waals surface area contributed by atoms with Crippen molar-refractivity contribution in [3.05, 3.63) is 24.3 Å². The molecule has 8 nitrogen and oxygen atoms in total. The van der Waals surface area contributed by atoms with Crippen LogP contribution < -0.4 is 19.5 Å². The first-order chi connectivity index (χ1) is 15.0. The van der Waals surface area contributed by atoms with Gasteiger partial charge in [-0.05, 0) is 12.8 Å². The molecule has 2 amide bonds. The Morgan fingerprint density at radius 3 is 2.42 bits per heavy atom. The maximum atomic E-state index is 13.4. The summed E-state index contributed by atoms with van der Waals surface area (Å²) in [5, 5.41) is 2.94. The van der Waals surface area contributed by atoms with Crippen molar-refractivity contribution in [1.82, 2.24) is 4.90 Å². The number of anilines is 1. The molecular formula is C23H28N2O6. The molecule has 8 heteroatoms. The highest BCUT2D eigenvalue weighted by molar-refractivity contribution is 5.99. The standard InChI is InChI=1S/C23H28N2O6/c1-28-16-10-13(11-17(29-2)20(16)30-3)24-21(26)18-15-8-9-23(31-15)12-25(22(27)19(18)23)14-6-4-5-7-14/h8-11,14-15,18-19H,4-7,12H2,1-3H3,(H,24,26)/t15-,18?,19?,23?/m1/s1. The smallest absolute Gasteiger partial charge is 0.231 e. The number of hydrogen-bond acceptors (Lipinski definition) is 6. The minimum Gasteiger partial charge on any atom is -0.493 e. The molecule has 1 spiro atoms. The maximum Gasteiger partial charge on any atom is 0.231 e. The fraction of sp³-hybridized carbons (Fsp3) is 0.565. The number of hydrogen-bond donors (Lipinski definition) is 1. The number of nitrogens with one attached hydrogen (secondary N) is 1. The quantitative estimate of drug-likeness (QED) is 0.700. The minimum atomic E-state index is -0.679. The van der Waals surface area contributed by atoms with Crippen molar-refractivity contribution < 1.29 is 28.5 Å². The Bertz CT molecular complexity index is 915. The molecule has 2 bridgehead atoms. The van der Waals surface area contributed by atoms with Gasteiger partial charge in [-0.15, -0.1) is 0 Å². The van der Waals surface area contributed by atoms with Gasteiger partial charge < -0.3 is 29.2 Å². The van der Waals surface area contributed by atoms with Gasteiger partial charge in [0.25, 0.3) is 0 Å². The zero-order chi connectivity index (χ0) is 21.8. The molecule has 3 aliphatic heterocycles. The first-order valence-corrected chi connectivity index (χ1v) is 10.8. The molecule has 1 aromatic rings. The van der Waals surface area contributed by atoms with E-state index in [2.05, 4.69) is 5.32 Å².